The lowest BCUT2D eigenvalue weighted by molar-refractivity contribution is -0.154. The van der Waals surface area contributed by atoms with E-state index in [-0.39, 0.29) is 30.9 Å². The molecular formula is C28H34N4O5. The number of carbonyl (C=O) groups excluding carboxylic acids is 4. The first kappa shape index (κ1) is 26.3. The number of rotatable bonds is 9. The second kappa shape index (κ2) is 12.5. The van der Waals surface area contributed by atoms with Crippen LogP contribution in [-0.4, -0.2) is 71.3 Å². The van der Waals surface area contributed by atoms with Crippen molar-refractivity contribution in [3.63, 3.8) is 0 Å². The van der Waals surface area contributed by atoms with E-state index < -0.39 is 24.1 Å². The quantitative estimate of drug-likeness (QED) is 0.496. The van der Waals surface area contributed by atoms with Crippen LogP contribution in [0.3, 0.4) is 0 Å². The Kier molecular flexibility index (Phi) is 8.90. The summed E-state index contributed by atoms with van der Waals surface area (Å²) < 4.78 is 5.43. The molecular weight excluding hydrogens is 472 g/mol. The molecule has 196 valence electrons. The molecule has 9 heteroatoms. The summed E-state index contributed by atoms with van der Waals surface area (Å²) in [5.41, 5.74) is 8.00. The van der Waals surface area contributed by atoms with Gasteiger partial charge in [-0.05, 0) is 43.2 Å². The molecule has 0 aliphatic carbocycles. The number of hydrogen-bond acceptors (Lipinski definition) is 6. The van der Waals surface area contributed by atoms with Gasteiger partial charge < -0.3 is 25.6 Å². The molecule has 2 aliphatic rings. The maximum absolute atomic E-state index is 13.0. The lowest BCUT2D eigenvalue weighted by atomic mass is 10.1. The average molecular weight is 507 g/mol. The molecule has 9 nitrogen and oxygen atoms in total. The Balaban J connectivity index is 1.27. The summed E-state index contributed by atoms with van der Waals surface area (Å²) in [5.74, 6) is -1.44. The van der Waals surface area contributed by atoms with E-state index in [4.69, 9.17) is 10.5 Å². The van der Waals surface area contributed by atoms with Crippen molar-refractivity contribution in [2.45, 2.75) is 56.8 Å². The van der Waals surface area contributed by atoms with Crippen molar-refractivity contribution < 1.29 is 23.9 Å². The van der Waals surface area contributed by atoms with Crippen molar-refractivity contribution in [3.8, 4) is 0 Å². The largest absolute Gasteiger partial charge is 0.459 e. The number of benzene rings is 2. The molecule has 3 atom stereocenters. The Labute approximate surface area is 216 Å². The van der Waals surface area contributed by atoms with Gasteiger partial charge in [-0.3, -0.25) is 14.4 Å². The summed E-state index contributed by atoms with van der Waals surface area (Å²) in [6.45, 7) is 0.791. The van der Waals surface area contributed by atoms with Crippen LogP contribution in [0.25, 0.3) is 0 Å². The van der Waals surface area contributed by atoms with Crippen molar-refractivity contribution in [1.29, 1.82) is 0 Å². The Hall–Kier alpha value is -3.72. The van der Waals surface area contributed by atoms with E-state index in [0.29, 0.717) is 45.2 Å². The van der Waals surface area contributed by atoms with E-state index in [2.05, 4.69) is 5.32 Å². The van der Waals surface area contributed by atoms with Gasteiger partial charge in [0, 0.05) is 13.1 Å². The lowest BCUT2D eigenvalue weighted by Crippen LogP contribution is -2.53. The highest BCUT2D eigenvalue weighted by Gasteiger charge is 2.38. The van der Waals surface area contributed by atoms with Crippen LogP contribution in [0.4, 0.5) is 0 Å². The van der Waals surface area contributed by atoms with E-state index in [1.807, 2.05) is 60.7 Å². The highest BCUT2D eigenvalue weighted by Crippen LogP contribution is 2.21. The normalized spacial score (nSPS) is 19.9. The van der Waals surface area contributed by atoms with Gasteiger partial charge >= 0.3 is 5.97 Å². The smallest absolute Gasteiger partial charge is 0.329 e. The van der Waals surface area contributed by atoms with Crippen LogP contribution in [-0.2, 0) is 36.9 Å². The molecule has 0 radical (unpaired) electrons. The minimum absolute atomic E-state index is 0.146. The van der Waals surface area contributed by atoms with E-state index in [9.17, 15) is 19.2 Å². The highest BCUT2D eigenvalue weighted by atomic mass is 16.5. The van der Waals surface area contributed by atoms with Gasteiger partial charge in [0.15, 0.2) is 0 Å². The average Bonchev–Trinajstić information content (AvgIpc) is 3.61. The standard InChI is InChI=1S/C28H34N4O5/c29-22(17-20-9-3-1-4-10-20)27(35)32-16-7-13-23(32)26(34)30-18-25(33)31-15-8-14-24(31)28(36)37-19-21-11-5-2-6-12-21/h1-6,9-12,22-24H,7-8,13-19,29H2,(H,30,34)/t22-,23-,24-/m0/s1. The SMILES string of the molecule is N[C@@H](Cc1ccccc1)C(=O)N1CCC[C@H]1C(=O)NCC(=O)N1CCC[C@H]1C(=O)OCc1ccccc1. The topological polar surface area (TPSA) is 122 Å². The first-order valence-electron chi connectivity index (χ1n) is 12.8. The minimum Gasteiger partial charge on any atom is -0.459 e. The number of nitrogens with zero attached hydrogens (tertiary/aromatic N) is 2. The molecule has 4 rings (SSSR count). The van der Waals surface area contributed by atoms with Crippen LogP contribution < -0.4 is 11.1 Å². The number of likely N-dealkylation sites (tertiary alicyclic amines) is 2. The zero-order valence-corrected chi connectivity index (χ0v) is 20.9. The van der Waals surface area contributed by atoms with Crippen LogP contribution in [0.1, 0.15) is 36.8 Å². The summed E-state index contributed by atoms with van der Waals surface area (Å²) in [5, 5.41) is 2.68. The Morgan fingerprint density at radius 2 is 1.46 bits per heavy atom. The van der Waals surface area contributed by atoms with Gasteiger partial charge in [-0.15, -0.1) is 0 Å². The second-order valence-corrected chi connectivity index (χ2v) is 9.54. The van der Waals surface area contributed by atoms with Crippen molar-refractivity contribution in [2.75, 3.05) is 19.6 Å². The molecule has 0 bridgehead atoms. The number of carbonyl (C=O) groups is 4. The van der Waals surface area contributed by atoms with Crippen LogP contribution in [0.2, 0.25) is 0 Å². The zero-order chi connectivity index (χ0) is 26.2. The number of nitrogens with one attached hydrogen (secondary N) is 1. The predicted molar refractivity (Wildman–Crippen MR) is 137 cm³/mol. The summed E-state index contributed by atoms with van der Waals surface area (Å²) in [6, 6.07) is 16.8. The van der Waals surface area contributed by atoms with Crippen LogP contribution in [0.5, 0.6) is 0 Å². The van der Waals surface area contributed by atoms with Gasteiger partial charge in [0.05, 0.1) is 12.6 Å². The van der Waals surface area contributed by atoms with Crippen LogP contribution in [0.15, 0.2) is 60.7 Å². The molecule has 0 aromatic heterocycles. The molecule has 2 aliphatic heterocycles. The molecule has 3 N–H and O–H groups in total. The van der Waals surface area contributed by atoms with Gasteiger partial charge in [0.1, 0.15) is 18.7 Å². The summed E-state index contributed by atoms with van der Waals surface area (Å²) in [4.78, 5) is 54.4. The zero-order valence-electron chi connectivity index (χ0n) is 20.9. The fourth-order valence-electron chi connectivity index (χ4n) is 4.99. The van der Waals surface area contributed by atoms with Gasteiger partial charge in [-0.1, -0.05) is 60.7 Å². The second-order valence-electron chi connectivity index (χ2n) is 9.54. The number of nitrogens with two attached hydrogens (primary N) is 1. The molecule has 2 saturated heterocycles. The molecule has 2 aromatic carbocycles. The fraction of sp³-hybridized carbons (Fsp3) is 0.429. The Bertz CT molecular complexity index is 1090. The van der Waals surface area contributed by atoms with Crippen LogP contribution in [0, 0.1) is 0 Å². The van der Waals surface area contributed by atoms with Crippen molar-refractivity contribution in [2.24, 2.45) is 5.73 Å². The Morgan fingerprint density at radius 3 is 2.14 bits per heavy atom. The predicted octanol–water partition coefficient (Wildman–Crippen LogP) is 1.40. The monoisotopic (exact) mass is 506 g/mol. The summed E-state index contributed by atoms with van der Waals surface area (Å²) >= 11 is 0. The van der Waals surface area contributed by atoms with Crippen molar-refractivity contribution in [3.05, 3.63) is 71.8 Å². The number of ether oxygens (including phenoxy) is 1. The molecule has 2 aromatic rings. The molecule has 3 amide bonds. The fourth-order valence-corrected chi connectivity index (χ4v) is 4.99. The Morgan fingerprint density at radius 1 is 0.865 bits per heavy atom. The van der Waals surface area contributed by atoms with Gasteiger partial charge in [0.2, 0.25) is 17.7 Å². The number of esters is 1. The van der Waals surface area contributed by atoms with E-state index in [0.717, 1.165) is 11.1 Å². The third-order valence-electron chi connectivity index (χ3n) is 6.94. The molecule has 0 spiro atoms. The van der Waals surface area contributed by atoms with Gasteiger partial charge in [-0.25, -0.2) is 4.79 Å². The summed E-state index contributed by atoms with van der Waals surface area (Å²) in [7, 11) is 0. The van der Waals surface area contributed by atoms with E-state index in [1.165, 1.54) is 9.80 Å². The van der Waals surface area contributed by atoms with Crippen LogP contribution >= 0.6 is 0 Å². The van der Waals surface area contributed by atoms with E-state index >= 15 is 0 Å². The summed E-state index contributed by atoms with van der Waals surface area (Å²) in [6.07, 6.45) is 2.81. The molecule has 2 heterocycles. The number of amides is 3. The lowest BCUT2D eigenvalue weighted by Gasteiger charge is -2.27. The first-order chi connectivity index (χ1) is 17.9. The van der Waals surface area contributed by atoms with Crippen molar-refractivity contribution >= 4 is 23.7 Å². The maximum Gasteiger partial charge on any atom is 0.329 e. The number of hydrogen-bond donors (Lipinski definition) is 2. The first-order valence-corrected chi connectivity index (χ1v) is 12.8. The maximum atomic E-state index is 13.0. The molecule has 0 saturated carbocycles. The van der Waals surface area contributed by atoms with E-state index in [1.54, 1.807) is 0 Å². The van der Waals surface area contributed by atoms with Gasteiger partial charge in [-0.2, -0.15) is 0 Å². The van der Waals surface area contributed by atoms with Gasteiger partial charge in [0.25, 0.3) is 0 Å². The minimum atomic E-state index is -0.746. The van der Waals surface area contributed by atoms with Crippen molar-refractivity contribution in [1.82, 2.24) is 15.1 Å². The third kappa shape index (κ3) is 6.74. The molecule has 37 heavy (non-hydrogen) atoms. The third-order valence-corrected chi connectivity index (χ3v) is 6.94. The molecule has 0 unspecified atom stereocenters. The molecule has 2 fully saturated rings. The highest BCUT2D eigenvalue weighted by molar-refractivity contribution is 5.93.